The SMILES string of the molecule is CC1C(c2ccccc2)CCN1C(=O)C1CCCN1.Cl. The predicted octanol–water partition coefficient (Wildman–Crippen LogP) is 2.56. The molecule has 20 heavy (non-hydrogen) atoms. The topological polar surface area (TPSA) is 32.3 Å². The average Bonchev–Trinajstić information content (AvgIpc) is 3.08. The van der Waals surface area contributed by atoms with Crippen LogP contribution in [0.3, 0.4) is 0 Å². The molecule has 1 aromatic carbocycles. The van der Waals surface area contributed by atoms with Crippen LogP contribution in [-0.4, -0.2) is 36.0 Å². The van der Waals surface area contributed by atoms with Gasteiger partial charge in [0.05, 0.1) is 6.04 Å². The van der Waals surface area contributed by atoms with Crippen LogP contribution in [0.15, 0.2) is 30.3 Å². The maximum Gasteiger partial charge on any atom is 0.239 e. The quantitative estimate of drug-likeness (QED) is 0.909. The number of hydrogen-bond donors (Lipinski definition) is 1. The van der Waals surface area contributed by atoms with E-state index in [1.807, 2.05) is 0 Å². The summed E-state index contributed by atoms with van der Waals surface area (Å²) in [6.45, 7) is 4.08. The van der Waals surface area contributed by atoms with E-state index in [-0.39, 0.29) is 18.4 Å². The third-order valence-electron chi connectivity index (χ3n) is 4.62. The summed E-state index contributed by atoms with van der Waals surface area (Å²) in [6, 6.07) is 11.0. The van der Waals surface area contributed by atoms with Crippen LogP contribution in [0.25, 0.3) is 0 Å². The van der Waals surface area contributed by atoms with Gasteiger partial charge in [-0.3, -0.25) is 4.79 Å². The number of hydrogen-bond acceptors (Lipinski definition) is 2. The van der Waals surface area contributed by atoms with Crippen LogP contribution in [0.1, 0.15) is 37.7 Å². The van der Waals surface area contributed by atoms with Crippen molar-refractivity contribution in [1.29, 1.82) is 0 Å². The first-order chi connectivity index (χ1) is 9.27. The fourth-order valence-corrected chi connectivity index (χ4v) is 3.49. The van der Waals surface area contributed by atoms with Gasteiger partial charge in [-0.1, -0.05) is 30.3 Å². The van der Waals surface area contributed by atoms with E-state index < -0.39 is 0 Å². The maximum absolute atomic E-state index is 12.5. The van der Waals surface area contributed by atoms with Crippen LogP contribution in [-0.2, 0) is 4.79 Å². The van der Waals surface area contributed by atoms with Crippen LogP contribution in [0.4, 0.5) is 0 Å². The van der Waals surface area contributed by atoms with Gasteiger partial charge >= 0.3 is 0 Å². The minimum absolute atomic E-state index is 0. The van der Waals surface area contributed by atoms with Crippen LogP contribution in [0, 0.1) is 0 Å². The minimum Gasteiger partial charge on any atom is -0.338 e. The van der Waals surface area contributed by atoms with Gasteiger partial charge in [0.25, 0.3) is 0 Å². The second-order valence-electron chi connectivity index (χ2n) is 5.73. The molecule has 2 aliphatic rings. The lowest BCUT2D eigenvalue weighted by Gasteiger charge is -2.27. The molecule has 1 amide bonds. The highest BCUT2D eigenvalue weighted by molar-refractivity contribution is 5.85. The number of carbonyl (C=O) groups excluding carboxylic acids is 1. The van der Waals surface area contributed by atoms with Gasteiger partial charge in [-0.15, -0.1) is 12.4 Å². The van der Waals surface area contributed by atoms with Gasteiger partial charge in [-0.25, -0.2) is 0 Å². The Morgan fingerprint density at radius 1 is 1.25 bits per heavy atom. The monoisotopic (exact) mass is 294 g/mol. The van der Waals surface area contributed by atoms with E-state index in [0.29, 0.717) is 17.9 Å². The molecule has 2 saturated heterocycles. The molecule has 2 aliphatic heterocycles. The molecule has 110 valence electrons. The van der Waals surface area contributed by atoms with E-state index in [0.717, 1.165) is 32.4 Å². The number of carbonyl (C=O) groups is 1. The molecule has 0 aliphatic carbocycles. The Balaban J connectivity index is 0.00000147. The number of likely N-dealkylation sites (tertiary alicyclic amines) is 1. The summed E-state index contributed by atoms with van der Waals surface area (Å²) >= 11 is 0. The number of amides is 1. The average molecular weight is 295 g/mol. The molecule has 0 saturated carbocycles. The van der Waals surface area contributed by atoms with Crippen LogP contribution in [0.5, 0.6) is 0 Å². The third-order valence-corrected chi connectivity index (χ3v) is 4.62. The summed E-state index contributed by atoms with van der Waals surface area (Å²) in [5.41, 5.74) is 1.37. The molecule has 0 spiro atoms. The van der Waals surface area contributed by atoms with Crippen LogP contribution < -0.4 is 5.32 Å². The van der Waals surface area contributed by atoms with Crippen molar-refractivity contribution in [3.8, 4) is 0 Å². The normalized spacial score (nSPS) is 29.2. The lowest BCUT2D eigenvalue weighted by Crippen LogP contribution is -2.45. The highest BCUT2D eigenvalue weighted by atomic mass is 35.5. The van der Waals surface area contributed by atoms with E-state index in [2.05, 4.69) is 47.5 Å². The van der Waals surface area contributed by atoms with Gasteiger partial charge in [0.1, 0.15) is 0 Å². The van der Waals surface area contributed by atoms with Gasteiger partial charge in [-0.2, -0.15) is 0 Å². The summed E-state index contributed by atoms with van der Waals surface area (Å²) in [5.74, 6) is 0.801. The maximum atomic E-state index is 12.5. The van der Waals surface area contributed by atoms with Crippen molar-refractivity contribution in [2.45, 2.75) is 44.2 Å². The number of nitrogens with zero attached hydrogens (tertiary/aromatic N) is 1. The van der Waals surface area contributed by atoms with Gasteiger partial charge in [0.15, 0.2) is 0 Å². The molecule has 3 rings (SSSR count). The number of benzene rings is 1. The summed E-state index contributed by atoms with van der Waals surface area (Å²) in [7, 11) is 0. The minimum atomic E-state index is 0. The highest BCUT2D eigenvalue weighted by Gasteiger charge is 2.37. The second-order valence-corrected chi connectivity index (χ2v) is 5.73. The van der Waals surface area contributed by atoms with E-state index >= 15 is 0 Å². The molecule has 3 unspecified atom stereocenters. The summed E-state index contributed by atoms with van der Waals surface area (Å²) in [6.07, 6.45) is 3.21. The summed E-state index contributed by atoms with van der Waals surface area (Å²) < 4.78 is 0. The standard InChI is InChI=1S/C16H22N2O.ClH/c1-12-14(13-6-3-2-4-7-13)9-11-18(12)16(19)15-8-5-10-17-15;/h2-4,6-7,12,14-15,17H,5,8-11H2,1H3;1H. The number of rotatable bonds is 2. The zero-order valence-corrected chi connectivity index (χ0v) is 12.7. The third kappa shape index (κ3) is 2.84. The summed E-state index contributed by atoms with van der Waals surface area (Å²) in [4.78, 5) is 14.6. The smallest absolute Gasteiger partial charge is 0.239 e. The predicted molar refractivity (Wildman–Crippen MR) is 83.2 cm³/mol. The lowest BCUT2D eigenvalue weighted by atomic mass is 9.93. The Morgan fingerprint density at radius 3 is 2.65 bits per heavy atom. The molecule has 3 nitrogen and oxygen atoms in total. The molecule has 0 radical (unpaired) electrons. The second kappa shape index (κ2) is 6.59. The Labute approximate surface area is 127 Å². The van der Waals surface area contributed by atoms with Gasteiger partial charge in [0.2, 0.25) is 5.91 Å². The number of halogens is 1. The summed E-state index contributed by atoms with van der Waals surface area (Å²) in [5, 5.41) is 3.32. The first-order valence-electron chi connectivity index (χ1n) is 7.36. The van der Waals surface area contributed by atoms with E-state index in [4.69, 9.17) is 0 Å². The fraction of sp³-hybridized carbons (Fsp3) is 0.562. The lowest BCUT2D eigenvalue weighted by molar-refractivity contribution is -0.133. The zero-order valence-electron chi connectivity index (χ0n) is 11.9. The highest BCUT2D eigenvalue weighted by Crippen LogP contribution is 2.33. The fourth-order valence-electron chi connectivity index (χ4n) is 3.49. The first-order valence-corrected chi connectivity index (χ1v) is 7.36. The van der Waals surface area contributed by atoms with E-state index in [1.165, 1.54) is 5.56 Å². The molecule has 2 fully saturated rings. The Morgan fingerprint density at radius 2 is 2.00 bits per heavy atom. The zero-order chi connectivity index (χ0) is 13.2. The van der Waals surface area contributed by atoms with Crippen LogP contribution in [0.2, 0.25) is 0 Å². The van der Waals surface area contributed by atoms with Crippen molar-refractivity contribution in [1.82, 2.24) is 10.2 Å². The van der Waals surface area contributed by atoms with E-state index in [9.17, 15) is 4.79 Å². The molecule has 3 atom stereocenters. The molecule has 2 heterocycles. The Hall–Kier alpha value is -1.06. The Kier molecular flexibility index (Phi) is 5.06. The van der Waals surface area contributed by atoms with Crippen molar-refractivity contribution in [2.75, 3.05) is 13.1 Å². The molecule has 0 bridgehead atoms. The van der Waals surface area contributed by atoms with Crippen molar-refractivity contribution >= 4 is 18.3 Å². The molecule has 0 aromatic heterocycles. The van der Waals surface area contributed by atoms with Crippen molar-refractivity contribution in [3.05, 3.63) is 35.9 Å². The first kappa shape index (κ1) is 15.3. The van der Waals surface area contributed by atoms with Crippen molar-refractivity contribution in [3.63, 3.8) is 0 Å². The molecule has 4 heteroatoms. The van der Waals surface area contributed by atoms with Gasteiger partial charge < -0.3 is 10.2 Å². The molecule has 1 aromatic rings. The number of nitrogens with one attached hydrogen (secondary N) is 1. The molecular formula is C16H23ClN2O. The molecule has 1 N–H and O–H groups in total. The van der Waals surface area contributed by atoms with Crippen molar-refractivity contribution < 1.29 is 4.79 Å². The molecular weight excluding hydrogens is 272 g/mol. The van der Waals surface area contributed by atoms with E-state index in [1.54, 1.807) is 0 Å². The van der Waals surface area contributed by atoms with Gasteiger partial charge in [0, 0.05) is 18.5 Å². The van der Waals surface area contributed by atoms with Crippen molar-refractivity contribution in [2.24, 2.45) is 0 Å². The Bertz CT molecular complexity index is 445. The van der Waals surface area contributed by atoms with Gasteiger partial charge in [-0.05, 0) is 38.3 Å². The largest absolute Gasteiger partial charge is 0.338 e. The van der Waals surface area contributed by atoms with Crippen LogP contribution >= 0.6 is 12.4 Å².